The topological polar surface area (TPSA) is 69.6 Å². The van der Waals surface area contributed by atoms with Gasteiger partial charge in [-0.05, 0) is 43.9 Å². The highest BCUT2D eigenvalue weighted by atomic mass is 16.4. The summed E-state index contributed by atoms with van der Waals surface area (Å²) in [5.74, 6) is 0.224. The van der Waals surface area contributed by atoms with Crippen LogP contribution in [-0.2, 0) is 4.79 Å². The molecular formula is C18H22N4O2. The second kappa shape index (κ2) is 5.70. The molecule has 0 aliphatic carbocycles. The number of carbonyl (C=O) groups is 1. The van der Waals surface area contributed by atoms with Gasteiger partial charge in [0.2, 0.25) is 0 Å². The average Bonchev–Trinajstić information content (AvgIpc) is 2.91. The van der Waals surface area contributed by atoms with Gasteiger partial charge in [0.05, 0.1) is 17.2 Å². The maximum Gasteiger partial charge on any atom is 0.320 e. The summed E-state index contributed by atoms with van der Waals surface area (Å²) >= 11 is 0. The molecule has 1 aromatic heterocycles. The first-order valence-electron chi connectivity index (χ1n) is 8.46. The maximum atomic E-state index is 11.4. The molecule has 24 heavy (non-hydrogen) atoms. The number of para-hydroxylation sites is 2. The van der Waals surface area contributed by atoms with Gasteiger partial charge in [0.15, 0.2) is 0 Å². The van der Waals surface area contributed by atoms with Crippen molar-refractivity contribution >= 4 is 22.8 Å². The highest BCUT2D eigenvalue weighted by Crippen LogP contribution is 2.43. The molecule has 3 heterocycles. The fourth-order valence-electron chi connectivity index (χ4n) is 4.22. The molecule has 6 heteroatoms. The smallest absolute Gasteiger partial charge is 0.320 e. The van der Waals surface area contributed by atoms with Crippen LogP contribution in [-0.4, -0.2) is 58.7 Å². The summed E-state index contributed by atoms with van der Waals surface area (Å²) in [4.78, 5) is 24.9. The molecule has 2 saturated heterocycles. The van der Waals surface area contributed by atoms with E-state index in [1.54, 1.807) is 0 Å². The monoisotopic (exact) mass is 326 g/mol. The van der Waals surface area contributed by atoms with E-state index in [1.165, 1.54) is 0 Å². The first kappa shape index (κ1) is 15.3. The van der Waals surface area contributed by atoms with Crippen molar-refractivity contribution in [1.82, 2.24) is 14.9 Å². The van der Waals surface area contributed by atoms with Crippen LogP contribution in [0, 0.1) is 5.41 Å². The van der Waals surface area contributed by atoms with Crippen LogP contribution in [0.25, 0.3) is 11.0 Å². The van der Waals surface area contributed by atoms with Gasteiger partial charge in [0.1, 0.15) is 11.9 Å². The molecule has 1 spiro atoms. The molecule has 2 aromatic rings. The van der Waals surface area contributed by atoms with Gasteiger partial charge in [0.25, 0.3) is 0 Å². The van der Waals surface area contributed by atoms with Crippen molar-refractivity contribution in [1.29, 1.82) is 0 Å². The van der Waals surface area contributed by atoms with Gasteiger partial charge in [-0.3, -0.25) is 14.7 Å². The molecule has 2 aliphatic rings. The lowest BCUT2D eigenvalue weighted by Crippen LogP contribution is -2.41. The summed E-state index contributed by atoms with van der Waals surface area (Å²) in [5, 5.41) is 9.36. The standard InChI is InChI=1S/C18H22N4O2/c1-21-12-18(10-15(21)17(23)24)6-8-22(9-7-18)16-11-19-13-4-2-3-5-14(13)20-16/h2-5,11,15H,6-10,12H2,1H3,(H,23,24)/t15-/m0/s1. The number of rotatable bonds is 2. The van der Waals surface area contributed by atoms with Crippen LogP contribution in [0.1, 0.15) is 19.3 Å². The lowest BCUT2D eigenvalue weighted by Gasteiger charge is -2.39. The van der Waals surface area contributed by atoms with Crippen molar-refractivity contribution in [3.63, 3.8) is 0 Å². The molecule has 0 amide bonds. The molecule has 6 nitrogen and oxygen atoms in total. The van der Waals surface area contributed by atoms with E-state index in [2.05, 4.69) is 9.88 Å². The number of aliphatic carboxylic acids is 1. The number of benzene rings is 1. The van der Waals surface area contributed by atoms with E-state index in [1.807, 2.05) is 42.4 Å². The molecule has 0 bridgehead atoms. The van der Waals surface area contributed by atoms with Crippen LogP contribution in [0.3, 0.4) is 0 Å². The molecule has 1 N–H and O–H groups in total. The zero-order chi connectivity index (χ0) is 16.7. The van der Waals surface area contributed by atoms with Gasteiger partial charge >= 0.3 is 5.97 Å². The average molecular weight is 326 g/mol. The summed E-state index contributed by atoms with van der Waals surface area (Å²) in [5.41, 5.74) is 1.97. The Kier molecular flexibility index (Phi) is 3.64. The van der Waals surface area contributed by atoms with Gasteiger partial charge in [0, 0.05) is 19.6 Å². The zero-order valence-electron chi connectivity index (χ0n) is 13.9. The molecular weight excluding hydrogens is 304 g/mol. The Morgan fingerprint density at radius 1 is 1.25 bits per heavy atom. The van der Waals surface area contributed by atoms with E-state index in [0.717, 1.165) is 55.7 Å². The Hall–Kier alpha value is -2.21. The van der Waals surface area contributed by atoms with Gasteiger partial charge in [-0.15, -0.1) is 0 Å². The van der Waals surface area contributed by atoms with Crippen molar-refractivity contribution in [2.24, 2.45) is 5.41 Å². The summed E-state index contributed by atoms with van der Waals surface area (Å²) in [6.45, 7) is 2.70. The van der Waals surface area contributed by atoms with E-state index >= 15 is 0 Å². The third-order valence-electron chi connectivity index (χ3n) is 5.61. The molecule has 2 aliphatic heterocycles. The Morgan fingerprint density at radius 2 is 1.96 bits per heavy atom. The zero-order valence-corrected chi connectivity index (χ0v) is 13.9. The summed E-state index contributed by atoms with van der Waals surface area (Å²) in [6, 6.07) is 7.57. The van der Waals surface area contributed by atoms with Gasteiger partial charge in [-0.1, -0.05) is 12.1 Å². The van der Waals surface area contributed by atoms with Crippen LogP contribution in [0.15, 0.2) is 30.5 Å². The quantitative estimate of drug-likeness (QED) is 0.910. The summed E-state index contributed by atoms with van der Waals surface area (Å²) in [7, 11) is 1.93. The fraction of sp³-hybridized carbons (Fsp3) is 0.500. The summed E-state index contributed by atoms with van der Waals surface area (Å²) < 4.78 is 0. The number of hydrogen-bond donors (Lipinski definition) is 1. The van der Waals surface area contributed by atoms with E-state index < -0.39 is 5.97 Å². The largest absolute Gasteiger partial charge is 0.480 e. The van der Waals surface area contributed by atoms with Gasteiger partial charge in [-0.25, -0.2) is 4.98 Å². The van der Waals surface area contributed by atoms with E-state index in [0.29, 0.717) is 0 Å². The molecule has 1 atom stereocenters. The number of nitrogens with zero attached hydrogens (tertiary/aromatic N) is 4. The van der Waals surface area contributed by atoms with Gasteiger partial charge < -0.3 is 10.0 Å². The second-order valence-electron chi connectivity index (χ2n) is 7.18. The van der Waals surface area contributed by atoms with Crippen molar-refractivity contribution < 1.29 is 9.90 Å². The molecule has 0 radical (unpaired) electrons. The van der Waals surface area contributed by atoms with Crippen molar-refractivity contribution in [2.45, 2.75) is 25.3 Å². The van der Waals surface area contributed by atoms with E-state index in [9.17, 15) is 9.90 Å². The normalized spacial score (nSPS) is 23.9. The Balaban J connectivity index is 1.48. The number of hydrogen-bond acceptors (Lipinski definition) is 5. The Morgan fingerprint density at radius 3 is 2.62 bits per heavy atom. The van der Waals surface area contributed by atoms with Crippen LogP contribution in [0.4, 0.5) is 5.82 Å². The van der Waals surface area contributed by atoms with Crippen molar-refractivity contribution in [3.8, 4) is 0 Å². The third kappa shape index (κ3) is 2.60. The van der Waals surface area contributed by atoms with Crippen LogP contribution in [0.5, 0.6) is 0 Å². The lowest BCUT2D eigenvalue weighted by atomic mass is 9.76. The lowest BCUT2D eigenvalue weighted by molar-refractivity contribution is -0.141. The molecule has 0 saturated carbocycles. The number of carboxylic acid groups (broad SMARTS) is 1. The number of likely N-dealkylation sites (tertiary alicyclic amines) is 1. The Bertz CT molecular complexity index is 770. The molecule has 2 fully saturated rings. The summed E-state index contributed by atoms with van der Waals surface area (Å²) in [6.07, 6.45) is 4.63. The van der Waals surface area contributed by atoms with Crippen molar-refractivity contribution in [3.05, 3.63) is 30.5 Å². The minimum atomic E-state index is -0.697. The molecule has 1 aromatic carbocycles. The number of fused-ring (bicyclic) bond motifs is 1. The SMILES string of the molecule is CN1CC2(CCN(c3cnc4ccccc4n3)CC2)C[C@H]1C(=O)O. The number of anilines is 1. The molecule has 0 unspecified atom stereocenters. The number of aromatic nitrogens is 2. The predicted molar refractivity (Wildman–Crippen MR) is 92.1 cm³/mol. The van der Waals surface area contributed by atoms with Crippen molar-refractivity contribution in [2.75, 3.05) is 31.6 Å². The first-order chi connectivity index (χ1) is 11.6. The molecule has 126 valence electrons. The van der Waals surface area contributed by atoms with E-state index in [4.69, 9.17) is 4.98 Å². The fourth-order valence-corrected chi connectivity index (χ4v) is 4.22. The van der Waals surface area contributed by atoms with Gasteiger partial charge in [-0.2, -0.15) is 0 Å². The van der Waals surface area contributed by atoms with Crippen LogP contribution in [0.2, 0.25) is 0 Å². The van der Waals surface area contributed by atoms with Crippen LogP contribution >= 0.6 is 0 Å². The minimum absolute atomic E-state index is 0.137. The van der Waals surface area contributed by atoms with Crippen LogP contribution < -0.4 is 4.90 Å². The molecule has 4 rings (SSSR count). The number of likely N-dealkylation sites (N-methyl/N-ethyl adjacent to an activating group) is 1. The number of piperidine rings is 1. The predicted octanol–water partition coefficient (Wildman–Crippen LogP) is 2.01. The minimum Gasteiger partial charge on any atom is -0.480 e. The number of carboxylic acids is 1. The highest BCUT2D eigenvalue weighted by Gasteiger charge is 2.46. The highest BCUT2D eigenvalue weighted by molar-refractivity contribution is 5.75. The Labute approximate surface area is 141 Å². The van der Waals surface area contributed by atoms with E-state index in [-0.39, 0.29) is 11.5 Å². The second-order valence-corrected chi connectivity index (χ2v) is 7.18. The maximum absolute atomic E-state index is 11.4. The third-order valence-corrected chi connectivity index (χ3v) is 5.61. The first-order valence-corrected chi connectivity index (χ1v) is 8.46.